The van der Waals surface area contributed by atoms with Gasteiger partial charge in [-0.3, -0.25) is 4.79 Å². The van der Waals surface area contributed by atoms with Gasteiger partial charge in [0.05, 0.1) is 12.3 Å². The third-order valence-corrected chi connectivity index (χ3v) is 4.66. The lowest BCUT2D eigenvalue weighted by molar-refractivity contribution is -0.137. The summed E-state index contributed by atoms with van der Waals surface area (Å²) in [5.41, 5.74) is 3.53. The van der Waals surface area contributed by atoms with Crippen LogP contribution in [-0.2, 0) is 11.2 Å². The Morgan fingerprint density at radius 3 is 2.64 bits per heavy atom. The molecular formula is C22H22O3. The maximum Gasteiger partial charge on any atom is 0.304 e. The second-order valence-electron chi connectivity index (χ2n) is 6.53. The summed E-state index contributed by atoms with van der Waals surface area (Å²) in [7, 11) is 0. The van der Waals surface area contributed by atoms with Crippen LogP contribution in [0.4, 0.5) is 0 Å². The molecule has 0 saturated carbocycles. The van der Waals surface area contributed by atoms with Gasteiger partial charge in [-0.15, -0.1) is 5.92 Å². The Balaban J connectivity index is 1.76. The van der Waals surface area contributed by atoms with Crippen LogP contribution in [0.2, 0.25) is 0 Å². The molecule has 128 valence electrons. The molecule has 25 heavy (non-hydrogen) atoms. The molecule has 1 N–H and O–H groups in total. The van der Waals surface area contributed by atoms with Gasteiger partial charge in [0.2, 0.25) is 0 Å². The molecule has 0 amide bonds. The summed E-state index contributed by atoms with van der Waals surface area (Å²) in [4.78, 5) is 11.0. The fourth-order valence-electron chi connectivity index (χ4n) is 3.46. The number of aliphatic carboxylic acids is 1. The van der Waals surface area contributed by atoms with Crippen molar-refractivity contribution >= 4 is 5.97 Å². The lowest BCUT2D eigenvalue weighted by atomic mass is 9.96. The Labute approximate surface area is 148 Å². The number of hydrogen-bond acceptors (Lipinski definition) is 2. The van der Waals surface area contributed by atoms with Gasteiger partial charge in [0, 0.05) is 5.92 Å². The maximum atomic E-state index is 11.0. The van der Waals surface area contributed by atoms with Gasteiger partial charge in [-0.05, 0) is 42.2 Å². The molecule has 0 radical (unpaired) electrons. The van der Waals surface area contributed by atoms with Crippen LogP contribution >= 0.6 is 0 Å². The highest BCUT2D eigenvalue weighted by atomic mass is 16.5. The summed E-state index contributed by atoms with van der Waals surface area (Å²) in [5.74, 6) is 5.89. The molecule has 3 heteroatoms. The van der Waals surface area contributed by atoms with E-state index in [1.807, 2.05) is 24.3 Å². The summed E-state index contributed by atoms with van der Waals surface area (Å²) < 4.78 is 6.24. The number of rotatable bonds is 5. The molecule has 3 rings (SSSR count). The highest BCUT2D eigenvalue weighted by Gasteiger charge is 2.30. The summed E-state index contributed by atoms with van der Waals surface area (Å²) in [6.45, 7) is 3.93. The standard InChI is InChI=1S/C22H22O3/c1-3-6-17(14-21(23)24)16-9-11-19(12-10-16)25-22-15(2)13-18-7-4-5-8-20(18)22/h4-5,7-12,15,17,22H,13-14H2,1-2H3,(H,23,24). The van der Waals surface area contributed by atoms with E-state index in [9.17, 15) is 4.79 Å². The molecule has 2 aromatic carbocycles. The van der Waals surface area contributed by atoms with Gasteiger partial charge in [0.15, 0.2) is 0 Å². The van der Waals surface area contributed by atoms with Gasteiger partial charge < -0.3 is 9.84 Å². The van der Waals surface area contributed by atoms with E-state index in [1.165, 1.54) is 11.1 Å². The smallest absolute Gasteiger partial charge is 0.304 e. The van der Waals surface area contributed by atoms with E-state index in [1.54, 1.807) is 6.92 Å². The molecule has 1 aliphatic carbocycles. The Bertz CT molecular complexity index is 811. The van der Waals surface area contributed by atoms with Crippen LogP contribution in [0.3, 0.4) is 0 Å². The Morgan fingerprint density at radius 2 is 1.96 bits per heavy atom. The second-order valence-corrected chi connectivity index (χ2v) is 6.53. The highest BCUT2D eigenvalue weighted by molar-refractivity contribution is 5.69. The van der Waals surface area contributed by atoms with Gasteiger partial charge in [0.1, 0.15) is 11.9 Å². The van der Waals surface area contributed by atoms with Crippen molar-refractivity contribution in [3.8, 4) is 17.6 Å². The maximum absolute atomic E-state index is 11.0. The van der Waals surface area contributed by atoms with Crippen LogP contribution in [0, 0.1) is 17.8 Å². The number of carboxylic acids is 1. The molecule has 0 spiro atoms. The number of ether oxygens (including phenoxy) is 1. The monoisotopic (exact) mass is 334 g/mol. The summed E-state index contributed by atoms with van der Waals surface area (Å²) >= 11 is 0. The number of carbonyl (C=O) groups is 1. The summed E-state index contributed by atoms with van der Waals surface area (Å²) in [6, 6.07) is 16.1. The number of hydrogen-bond donors (Lipinski definition) is 1. The topological polar surface area (TPSA) is 46.5 Å². The average molecular weight is 334 g/mol. The first-order valence-electron chi connectivity index (χ1n) is 8.57. The number of fused-ring (bicyclic) bond motifs is 1. The first-order chi connectivity index (χ1) is 12.1. The van der Waals surface area contributed by atoms with E-state index in [-0.39, 0.29) is 18.4 Å². The van der Waals surface area contributed by atoms with Crippen molar-refractivity contribution < 1.29 is 14.6 Å². The van der Waals surface area contributed by atoms with Crippen molar-refractivity contribution in [1.29, 1.82) is 0 Å². The van der Waals surface area contributed by atoms with Crippen LogP contribution in [0.15, 0.2) is 48.5 Å². The molecular weight excluding hydrogens is 312 g/mol. The highest BCUT2D eigenvalue weighted by Crippen LogP contribution is 2.39. The van der Waals surface area contributed by atoms with Crippen molar-refractivity contribution in [3.05, 3.63) is 65.2 Å². The third-order valence-electron chi connectivity index (χ3n) is 4.66. The Hall–Kier alpha value is -2.73. The van der Waals surface area contributed by atoms with E-state index in [0.29, 0.717) is 5.92 Å². The van der Waals surface area contributed by atoms with Gasteiger partial charge in [-0.2, -0.15) is 0 Å². The average Bonchev–Trinajstić information content (AvgIpc) is 2.91. The zero-order valence-corrected chi connectivity index (χ0v) is 14.5. The first kappa shape index (κ1) is 17.1. The van der Waals surface area contributed by atoms with Crippen molar-refractivity contribution in [2.75, 3.05) is 0 Å². The normalized spacial score (nSPS) is 19.4. The molecule has 2 aromatic rings. The van der Waals surface area contributed by atoms with Crippen LogP contribution < -0.4 is 4.74 Å². The summed E-state index contributed by atoms with van der Waals surface area (Å²) in [5, 5.41) is 9.05. The Kier molecular flexibility index (Phi) is 5.09. The predicted octanol–water partition coefficient (Wildman–Crippen LogP) is 4.58. The van der Waals surface area contributed by atoms with Crippen molar-refractivity contribution in [2.45, 2.75) is 38.7 Å². The SMILES string of the molecule is CC#CC(CC(=O)O)c1ccc(OC2c3ccccc3CC2C)cc1. The minimum absolute atomic E-state index is 0.00801. The van der Waals surface area contributed by atoms with Gasteiger partial charge in [-0.25, -0.2) is 0 Å². The minimum atomic E-state index is -0.843. The lowest BCUT2D eigenvalue weighted by Crippen LogP contribution is -2.11. The number of carboxylic acid groups (broad SMARTS) is 1. The van der Waals surface area contributed by atoms with Crippen molar-refractivity contribution in [3.63, 3.8) is 0 Å². The quantitative estimate of drug-likeness (QED) is 0.814. The first-order valence-corrected chi connectivity index (χ1v) is 8.57. The van der Waals surface area contributed by atoms with Crippen molar-refractivity contribution in [2.24, 2.45) is 5.92 Å². The largest absolute Gasteiger partial charge is 0.485 e. The lowest BCUT2D eigenvalue weighted by Gasteiger charge is -2.20. The Morgan fingerprint density at radius 1 is 1.24 bits per heavy atom. The van der Waals surface area contributed by atoms with E-state index < -0.39 is 5.97 Å². The molecule has 3 nitrogen and oxygen atoms in total. The van der Waals surface area contributed by atoms with E-state index in [2.05, 4.69) is 43.0 Å². The van der Waals surface area contributed by atoms with Crippen LogP contribution in [-0.4, -0.2) is 11.1 Å². The van der Waals surface area contributed by atoms with Gasteiger partial charge in [0.25, 0.3) is 0 Å². The fraction of sp³-hybridized carbons (Fsp3) is 0.318. The predicted molar refractivity (Wildman–Crippen MR) is 97.6 cm³/mol. The molecule has 0 aromatic heterocycles. The molecule has 0 fully saturated rings. The third kappa shape index (κ3) is 3.85. The molecule has 0 saturated heterocycles. The van der Waals surface area contributed by atoms with Crippen molar-refractivity contribution in [1.82, 2.24) is 0 Å². The van der Waals surface area contributed by atoms with Crippen LogP contribution in [0.25, 0.3) is 0 Å². The van der Waals surface area contributed by atoms with Crippen LogP contribution in [0.5, 0.6) is 5.75 Å². The molecule has 1 aliphatic rings. The van der Waals surface area contributed by atoms with Gasteiger partial charge >= 0.3 is 5.97 Å². The second kappa shape index (κ2) is 7.44. The zero-order chi connectivity index (χ0) is 17.8. The summed E-state index contributed by atoms with van der Waals surface area (Å²) in [6.07, 6.45) is 1.10. The molecule has 0 aliphatic heterocycles. The van der Waals surface area contributed by atoms with E-state index in [4.69, 9.17) is 9.84 Å². The van der Waals surface area contributed by atoms with Gasteiger partial charge in [-0.1, -0.05) is 49.2 Å². The molecule has 0 bridgehead atoms. The zero-order valence-electron chi connectivity index (χ0n) is 14.5. The number of benzene rings is 2. The molecule has 3 atom stereocenters. The van der Waals surface area contributed by atoms with E-state index >= 15 is 0 Å². The minimum Gasteiger partial charge on any atom is -0.485 e. The fourth-order valence-corrected chi connectivity index (χ4v) is 3.46. The molecule has 0 heterocycles. The van der Waals surface area contributed by atoms with E-state index in [0.717, 1.165) is 17.7 Å². The van der Waals surface area contributed by atoms with Crippen LogP contribution in [0.1, 0.15) is 49.0 Å². The molecule has 3 unspecified atom stereocenters.